The van der Waals surface area contributed by atoms with Gasteiger partial charge in [0.2, 0.25) is 0 Å². The molecule has 60 valence electrons. The highest BCUT2D eigenvalue weighted by atomic mass is 35.5. The van der Waals surface area contributed by atoms with Gasteiger partial charge in [0.1, 0.15) is 0 Å². The van der Waals surface area contributed by atoms with Gasteiger partial charge in [0.05, 0.1) is 0 Å². The molecule has 0 bridgehead atoms. The van der Waals surface area contributed by atoms with Crippen molar-refractivity contribution in [3.8, 4) is 0 Å². The van der Waals surface area contributed by atoms with Crippen molar-refractivity contribution >= 4 is 23.2 Å². The fourth-order valence-corrected chi connectivity index (χ4v) is 1.44. The van der Waals surface area contributed by atoms with Gasteiger partial charge in [-0.1, -0.05) is 31.5 Å². The van der Waals surface area contributed by atoms with Gasteiger partial charge in [-0.05, 0) is 18.8 Å². The minimum absolute atomic E-state index is 0.525. The van der Waals surface area contributed by atoms with Crippen LogP contribution >= 0.6 is 23.2 Å². The van der Waals surface area contributed by atoms with Crippen molar-refractivity contribution in [1.82, 2.24) is 0 Å². The standard InChI is InChI=1S/C8H14Cl2/c1-3-4-8(6-9)5-7(2)10/h8H,2-6H2,1H3. The Kier molecular flexibility index (Phi) is 6.25. The van der Waals surface area contributed by atoms with E-state index >= 15 is 0 Å². The molecule has 0 saturated carbocycles. The van der Waals surface area contributed by atoms with E-state index in [1.54, 1.807) is 0 Å². The maximum absolute atomic E-state index is 5.69. The van der Waals surface area contributed by atoms with Crippen LogP contribution in [0.15, 0.2) is 11.6 Å². The lowest BCUT2D eigenvalue weighted by Crippen LogP contribution is -2.00. The van der Waals surface area contributed by atoms with Gasteiger partial charge in [0.25, 0.3) is 0 Å². The number of hydrogen-bond acceptors (Lipinski definition) is 0. The first kappa shape index (κ1) is 10.3. The zero-order valence-electron chi connectivity index (χ0n) is 6.37. The summed E-state index contributed by atoms with van der Waals surface area (Å²) in [6, 6.07) is 0. The summed E-state index contributed by atoms with van der Waals surface area (Å²) in [5.41, 5.74) is 0. The molecule has 0 rings (SSSR count). The molecule has 0 nitrogen and oxygen atoms in total. The second kappa shape index (κ2) is 6.06. The van der Waals surface area contributed by atoms with Crippen LogP contribution in [0.1, 0.15) is 26.2 Å². The summed E-state index contributed by atoms with van der Waals surface area (Å²) in [6.07, 6.45) is 3.18. The van der Waals surface area contributed by atoms with Crippen LogP contribution in [0.2, 0.25) is 0 Å². The van der Waals surface area contributed by atoms with Gasteiger partial charge >= 0.3 is 0 Å². The summed E-state index contributed by atoms with van der Waals surface area (Å²) in [7, 11) is 0. The third-order valence-corrected chi connectivity index (χ3v) is 2.02. The summed E-state index contributed by atoms with van der Waals surface area (Å²) in [5.74, 6) is 1.22. The molecule has 2 heteroatoms. The molecule has 0 aromatic carbocycles. The Morgan fingerprint density at radius 3 is 2.50 bits per heavy atom. The lowest BCUT2D eigenvalue weighted by molar-refractivity contribution is 0.534. The smallest absolute Gasteiger partial charge is 0.0255 e. The van der Waals surface area contributed by atoms with Gasteiger partial charge in [-0.3, -0.25) is 0 Å². The minimum Gasteiger partial charge on any atom is -0.126 e. The van der Waals surface area contributed by atoms with E-state index in [2.05, 4.69) is 13.5 Å². The van der Waals surface area contributed by atoms with E-state index in [1.807, 2.05) is 0 Å². The van der Waals surface area contributed by atoms with Crippen molar-refractivity contribution in [1.29, 1.82) is 0 Å². The van der Waals surface area contributed by atoms with Crippen LogP contribution in [-0.2, 0) is 0 Å². The molecule has 0 aliphatic rings. The molecule has 1 atom stereocenters. The summed E-state index contributed by atoms with van der Waals surface area (Å²) < 4.78 is 0. The predicted molar refractivity (Wildman–Crippen MR) is 48.7 cm³/mol. The van der Waals surface area contributed by atoms with Crippen molar-refractivity contribution in [2.24, 2.45) is 5.92 Å². The van der Waals surface area contributed by atoms with Crippen LogP contribution in [0.4, 0.5) is 0 Å². The molecule has 0 aromatic rings. The first-order chi connectivity index (χ1) is 4.70. The number of hydrogen-bond donors (Lipinski definition) is 0. The average molecular weight is 181 g/mol. The molecule has 0 aliphatic carbocycles. The highest BCUT2D eigenvalue weighted by molar-refractivity contribution is 6.29. The SMILES string of the molecule is C=C(Cl)CC(CCl)CCC. The van der Waals surface area contributed by atoms with E-state index in [4.69, 9.17) is 23.2 Å². The Morgan fingerprint density at radius 2 is 2.20 bits per heavy atom. The van der Waals surface area contributed by atoms with Crippen molar-refractivity contribution in [2.45, 2.75) is 26.2 Å². The maximum atomic E-state index is 5.69. The summed E-state index contributed by atoms with van der Waals surface area (Å²) >= 11 is 11.3. The molecule has 1 unspecified atom stereocenters. The number of halogens is 2. The van der Waals surface area contributed by atoms with Crippen molar-refractivity contribution < 1.29 is 0 Å². The van der Waals surface area contributed by atoms with E-state index in [0.717, 1.165) is 17.9 Å². The largest absolute Gasteiger partial charge is 0.126 e. The van der Waals surface area contributed by atoms with E-state index in [0.29, 0.717) is 11.8 Å². The molecule has 0 aromatic heterocycles. The van der Waals surface area contributed by atoms with Crippen LogP contribution < -0.4 is 0 Å². The van der Waals surface area contributed by atoms with Crippen molar-refractivity contribution in [3.63, 3.8) is 0 Å². The minimum atomic E-state index is 0.525. The molecule has 0 aliphatic heterocycles. The maximum Gasteiger partial charge on any atom is 0.0255 e. The second-order valence-corrected chi connectivity index (χ2v) is 3.37. The first-order valence-corrected chi connectivity index (χ1v) is 4.51. The van der Waals surface area contributed by atoms with Crippen LogP contribution in [-0.4, -0.2) is 5.88 Å². The molecule has 0 fully saturated rings. The Bertz CT molecular complexity index is 99.4. The number of allylic oxidation sites excluding steroid dienone is 1. The third kappa shape index (κ3) is 5.13. The Balaban J connectivity index is 3.49. The number of rotatable bonds is 5. The molecule has 0 spiro atoms. The summed E-state index contributed by atoms with van der Waals surface area (Å²) in [4.78, 5) is 0. The van der Waals surface area contributed by atoms with Crippen LogP contribution in [0.5, 0.6) is 0 Å². The molecule has 0 N–H and O–H groups in total. The highest BCUT2D eigenvalue weighted by Crippen LogP contribution is 2.19. The fraction of sp³-hybridized carbons (Fsp3) is 0.750. The normalized spacial score (nSPS) is 13.1. The third-order valence-electron chi connectivity index (χ3n) is 1.43. The topological polar surface area (TPSA) is 0 Å². The lowest BCUT2D eigenvalue weighted by Gasteiger charge is -2.10. The fourth-order valence-electron chi connectivity index (χ4n) is 0.955. The van der Waals surface area contributed by atoms with Gasteiger partial charge in [0, 0.05) is 10.9 Å². The van der Waals surface area contributed by atoms with Gasteiger partial charge in [-0.2, -0.15) is 0 Å². The van der Waals surface area contributed by atoms with Gasteiger partial charge in [0.15, 0.2) is 0 Å². The zero-order chi connectivity index (χ0) is 7.98. The molecule has 0 saturated heterocycles. The van der Waals surface area contributed by atoms with Crippen molar-refractivity contribution in [2.75, 3.05) is 5.88 Å². The molecular weight excluding hydrogens is 167 g/mol. The highest BCUT2D eigenvalue weighted by Gasteiger charge is 2.05. The molecule has 0 amide bonds. The van der Waals surface area contributed by atoms with Crippen molar-refractivity contribution in [3.05, 3.63) is 11.6 Å². The zero-order valence-corrected chi connectivity index (χ0v) is 7.88. The van der Waals surface area contributed by atoms with Crippen LogP contribution in [0.25, 0.3) is 0 Å². The van der Waals surface area contributed by atoms with E-state index in [1.165, 1.54) is 6.42 Å². The van der Waals surface area contributed by atoms with Gasteiger partial charge in [-0.15, -0.1) is 11.6 Å². The quantitative estimate of drug-likeness (QED) is 0.566. The monoisotopic (exact) mass is 180 g/mol. The Morgan fingerprint density at radius 1 is 1.60 bits per heavy atom. The molecule has 0 radical (unpaired) electrons. The molecule has 10 heavy (non-hydrogen) atoms. The van der Waals surface area contributed by atoms with Crippen LogP contribution in [0.3, 0.4) is 0 Å². The molecule has 0 heterocycles. The van der Waals surface area contributed by atoms with E-state index < -0.39 is 0 Å². The number of alkyl halides is 1. The second-order valence-electron chi connectivity index (χ2n) is 2.53. The average Bonchev–Trinajstić information content (AvgIpc) is 1.86. The Labute approximate surface area is 73.2 Å². The van der Waals surface area contributed by atoms with E-state index in [9.17, 15) is 0 Å². The van der Waals surface area contributed by atoms with Crippen LogP contribution in [0, 0.1) is 5.92 Å². The summed E-state index contributed by atoms with van der Waals surface area (Å²) in [6.45, 7) is 5.78. The van der Waals surface area contributed by atoms with Gasteiger partial charge in [-0.25, -0.2) is 0 Å². The predicted octanol–water partition coefficient (Wildman–Crippen LogP) is 3.78. The van der Waals surface area contributed by atoms with E-state index in [-0.39, 0.29) is 0 Å². The Hall–Kier alpha value is 0.320. The molecular formula is C8H14Cl2. The first-order valence-electron chi connectivity index (χ1n) is 3.60. The lowest BCUT2D eigenvalue weighted by atomic mass is 10.0. The van der Waals surface area contributed by atoms with Gasteiger partial charge < -0.3 is 0 Å². The summed E-state index contributed by atoms with van der Waals surface area (Å²) in [5, 5.41) is 0.721.